The number of halogens is 2. The Morgan fingerprint density at radius 1 is 1.16 bits per heavy atom. The van der Waals surface area contributed by atoms with E-state index in [9.17, 15) is 13.6 Å². The van der Waals surface area contributed by atoms with Gasteiger partial charge in [-0.15, -0.1) is 0 Å². The van der Waals surface area contributed by atoms with Crippen molar-refractivity contribution in [2.75, 3.05) is 69.4 Å². The number of ether oxygens (including phenoxy) is 2. The summed E-state index contributed by atoms with van der Waals surface area (Å²) in [5, 5.41) is 0. The quantitative estimate of drug-likeness (QED) is 0.403. The second-order valence-electron chi connectivity index (χ2n) is 12.9. The molecule has 5 atom stereocenters. The van der Waals surface area contributed by atoms with Crippen LogP contribution in [-0.2, 0) is 19.9 Å². The highest BCUT2D eigenvalue weighted by Gasteiger charge is 2.44. The van der Waals surface area contributed by atoms with Gasteiger partial charge in [0.25, 0.3) is 6.43 Å². The summed E-state index contributed by atoms with van der Waals surface area (Å²) in [4.78, 5) is 34.0. The molecule has 0 radical (unpaired) electrons. The Labute approximate surface area is 264 Å². The number of aryl methyl sites for hydroxylation is 1. The summed E-state index contributed by atoms with van der Waals surface area (Å²) in [6.07, 6.45) is 2.90. The lowest BCUT2D eigenvalue weighted by Gasteiger charge is -2.53. The van der Waals surface area contributed by atoms with Gasteiger partial charge in [0.2, 0.25) is 5.91 Å². The largest absolute Gasteiger partial charge is 0.378 e. The Balaban J connectivity index is 1.18. The van der Waals surface area contributed by atoms with E-state index in [0.717, 1.165) is 38.0 Å². The molecule has 0 unspecified atom stereocenters. The molecule has 0 aliphatic carbocycles. The number of rotatable bonds is 8. The van der Waals surface area contributed by atoms with Gasteiger partial charge in [-0.25, -0.2) is 18.7 Å². The molecule has 6 heterocycles. The molecule has 0 aromatic carbocycles. The van der Waals surface area contributed by atoms with Crippen LogP contribution in [0, 0.1) is 6.92 Å². The summed E-state index contributed by atoms with van der Waals surface area (Å²) in [5.41, 5.74) is 2.83. The summed E-state index contributed by atoms with van der Waals surface area (Å²) in [7, 11) is 1.73. The molecule has 6 rings (SSSR count). The number of piperidine rings is 1. The van der Waals surface area contributed by atoms with Crippen LogP contribution in [0.2, 0.25) is 0 Å². The van der Waals surface area contributed by atoms with Crippen LogP contribution in [-0.4, -0.2) is 108 Å². The predicted octanol–water partition coefficient (Wildman–Crippen LogP) is 4.06. The van der Waals surface area contributed by atoms with Crippen LogP contribution < -0.4 is 9.80 Å². The van der Waals surface area contributed by atoms with Gasteiger partial charge in [-0.1, -0.05) is 6.58 Å². The SMILES string of the molecule is C=CC(=O)N1CCN([C@@H]2CN(c3cc(N4CC[C@H](c5c(C)ccnc5[C@@]5(OC)CCOC5)C[C@H]4C)nc(C(F)F)n3)[C@@H]2C)CC1. The van der Waals surface area contributed by atoms with Crippen LogP contribution in [0.1, 0.15) is 68.1 Å². The minimum Gasteiger partial charge on any atom is -0.378 e. The van der Waals surface area contributed by atoms with Crippen LogP contribution in [0.3, 0.4) is 0 Å². The summed E-state index contributed by atoms with van der Waals surface area (Å²) in [6, 6.07) is 4.38. The first-order valence-corrected chi connectivity index (χ1v) is 16.1. The normalized spacial score (nSPS) is 29.3. The predicted molar refractivity (Wildman–Crippen MR) is 168 cm³/mol. The Kier molecular flexibility index (Phi) is 9.09. The fraction of sp³-hybridized carbons (Fsp3) is 0.636. The molecule has 4 saturated heterocycles. The van der Waals surface area contributed by atoms with Crippen LogP contribution in [0.15, 0.2) is 31.0 Å². The van der Waals surface area contributed by atoms with E-state index in [-0.39, 0.29) is 30.0 Å². The van der Waals surface area contributed by atoms with E-state index in [1.165, 1.54) is 17.2 Å². The molecule has 4 aliphatic rings. The third kappa shape index (κ3) is 5.92. The summed E-state index contributed by atoms with van der Waals surface area (Å²) >= 11 is 0. The molecular formula is C33H45F2N7O3. The fourth-order valence-electron chi connectivity index (χ4n) is 7.76. The van der Waals surface area contributed by atoms with Crippen molar-refractivity contribution in [1.29, 1.82) is 0 Å². The molecule has 244 valence electrons. The third-order valence-corrected chi connectivity index (χ3v) is 10.5. The van der Waals surface area contributed by atoms with E-state index in [1.54, 1.807) is 7.11 Å². The average molecular weight is 626 g/mol. The number of carbonyl (C=O) groups is 1. The molecular weight excluding hydrogens is 580 g/mol. The number of methoxy groups -OCH3 is 1. The fourth-order valence-corrected chi connectivity index (χ4v) is 7.76. The number of hydrogen-bond acceptors (Lipinski definition) is 9. The van der Waals surface area contributed by atoms with Crippen LogP contribution in [0.5, 0.6) is 0 Å². The molecule has 4 fully saturated rings. The highest BCUT2D eigenvalue weighted by molar-refractivity contribution is 5.87. The van der Waals surface area contributed by atoms with Gasteiger partial charge >= 0.3 is 0 Å². The molecule has 4 aliphatic heterocycles. The number of alkyl halides is 2. The zero-order chi connectivity index (χ0) is 31.9. The molecule has 0 bridgehead atoms. The van der Waals surface area contributed by atoms with Crippen molar-refractivity contribution in [3.8, 4) is 0 Å². The van der Waals surface area contributed by atoms with Crippen molar-refractivity contribution < 1.29 is 23.0 Å². The van der Waals surface area contributed by atoms with Crippen LogP contribution >= 0.6 is 0 Å². The molecule has 2 aromatic heterocycles. The lowest BCUT2D eigenvalue weighted by molar-refractivity contribution is -0.128. The van der Waals surface area contributed by atoms with Gasteiger partial charge in [0.1, 0.15) is 17.2 Å². The topological polar surface area (TPSA) is 87.2 Å². The number of piperazine rings is 1. The Morgan fingerprint density at radius 2 is 1.89 bits per heavy atom. The molecule has 2 aromatic rings. The third-order valence-electron chi connectivity index (χ3n) is 10.5. The molecule has 12 heteroatoms. The Bertz CT molecular complexity index is 1400. The number of anilines is 2. The first kappa shape index (κ1) is 31.7. The number of amides is 1. The monoisotopic (exact) mass is 625 g/mol. The highest BCUT2D eigenvalue weighted by Crippen LogP contribution is 2.43. The number of aromatic nitrogens is 3. The van der Waals surface area contributed by atoms with E-state index < -0.39 is 17.9 Å². The van der Waals surface area contributed by atoms with Gasteiger partial charge in [-0.3, -0.25) is 14.7 Å². The first-order valence-electron chi connectivity index (χ1n) is 16.1. The summed E-state index contributed by atoms with van der Waals surface area (Å²) in [5.74, 6) is 0.874. The minimum absolute atomic E-state index is 0.0393. The van der Waals surface area contributed by atoms with Crippen molar-refractivity contribution in [2.45, 2.75) is 76.1 Å². The van der Waals surface area contributed by atoms with E-state index in [4.69, 9.17) is 14.5 Å². The van der Waals surface area contributed by atoms with Gasteiger partial charge in [0, 0.05) is 89.8 Å². The summed E-state index contributed by atoms with van der Waals surface area (Å²) < 4.78 is 40.0. The van der Waals surface area contributed by atoms with E-state index >= 15 is 0 Å². The van der Waals surface area contributed by atoms with Crippen molar-refractivity contribution >= 4 is 17.5 Å². The van der Waals surface area contributed by atoms with Gasteiger partial charge in [-0.05, 0) is 62.8 Å². The second kappa shape index (κ2) is 12.9. The number of hydrogen-bond donors (Lipinski definition) is 0. The first-order chi connectivity index (χ1) is 21.7. The number of nitrogens with zero attached hydrogens (tertiary/aromatic N) is 7. The van der Waals surface area contributed by atoms with Gasteiger partial charge in [0.15, 0.2) is 5.82 Å². The summed E-state index contributed by atoms with van der Waals surface area (Å²) in [6.45, 7) is 15.4. The zero-order valence-electron chi connectivity index (χ0n) is 26.8. The highest BCUT2D eigenvalue weighted by atomic mass is 19.3. The lowest BCUT2D eigenvalue weighted by Crippen LogP contribution is -2.68. The smallest absolute Gasteiger partial charge is 0.297 e. The molecule has 0 N–H and O–H groups in total. The minimum atomic E-state index is -2.76. The Morgan fingerprint density at radius 3 is 2.49 bits per heavy atom. The van der Waals surface area contributed by atoms with E-state index in [1.807, 2.05) is 17.2 Å². The molecule has 0 saturated carbocycles. The Hall–Kier alpha value is -3.22. The molecule has 45 heavy (non-hydrogen) atoms. The van der Waals surface area contributed by atoms with Gasteiger partial charge in [0.05, 0.1) is 12.3 Å². The van der Waals surface area contributed by atoms with E-state index in [2.05, 4.69) is 58.1 Å². The zero-order valence-corrected chi connectivity index (χ0v) is 26.8. The number of carbonyl (C=O) groups excluding carboxylic acids is 1. The molecule has 1 amide bonds. The van der Waals surface area contributed by atoms with E-state index in [0.29, 0.717) is 51.0 Å². The molecule has 10 nitrogen and oxygen atoms in total. The average Bonchev–Trinajstić information content (AvgIpc) is 3.54. The maximum absolute atomic E-state index is 14.1. The molecule has 0 spiro atoms. The van der Waals surface area contributed by atoms with Crippen molar-refractivity contribution in [2.24, 2.45) is 0 Å². The van der Waals surface area contributed by atoms with Gasteiger partial charge < -0.3 is 24.2 Å². The van der Waals surface area contributed by atoms with Crippen molar-refractivity contribution in [3.05, 3.63) is 53.6 Å². The van der Waals surface area contributed by atoms with Crippen molar-refractivity contribution in [3.63, 3.8) is 0 Å². The van der Waals surface area contributed by atoms with Crippen LogP contribution in [0.4, 0.5) is 20.4 Å². The number of pyridine rings is 1. The standard InChI is InChI=1S/C33H45F2N7O3/c1-6-28(43)40-14-12-39(13-15-40)25-19-42(23(25)4)27-18-26(37-32(38-27)31(34)35)41-11-8-24(17-22(41)3)29-21(2)7-10-36-30(29)33(44-5)9-16-45-20-33/h6-7,10,18,22-25,31H,1,8-9,11-17,19-20H2,2-5H3/t22-,23-,24+,25-,33-/m1/s1. The maximum Gasteiger partial charge on any atom is 0.297 e. The van der Waals surface area contributed by atoms with Gasteiger partial charge in [-0.2, -0.15) is 0 Å². The second-order valence-corrected chi connectivity index (χ2v) is 12.9. The maximum atomic E-state index is 14.1. The lowest BCUT2D eigenvalue weighted by atomic mass is 9.79. The van der Waals surface area contributed by atoms with Crippen LogP contribution in [0.25, 0.3) is 0 Å². The van der Waals surface area contributed by atoms with Crippen molar-refractivity contribution in [1.82, 2.24) is 24.8 Å².